The number of ether oxygens (including phenoxy) is 1. The first-order valence-electron chi connectivity index (χ1n) is 7.74. The number of hydrogen-bond acceptors (Lipinski definition) is 6. The van der Waals surface area contributed by atoms with Crippen molar-refractivity contribution in [1.82, 2.24) is 9.97 Å². The molecular weight excluding hydrogens is 356 g/mol. The molecule has 0 atom stereocenters. The Morgan fingerprint density at radius 1 is 1.19 bits per heavy atom. The van der Waals surface area contributed by atoms with E-state index in [1.54, 1.807) is 24.3 Å². The topological polar surface area (TPSA) is 124 Å². The van der Waals surface area contributed by atoms with Crippen LogP contribution in [0.2, 0.25) is 0 Å². The van der Waals surface area contributed by atoms with Crippen molar-refractivity contribution < 1.29 is 14.6 Å². The van der Waals surface area contributed by atoms with Gasteiger partial charge in [0.2, 0.25) is 5.88 Å². The molecule has 0 aliphatic heterocycles. The number of fused-ring (bicyclic) bond motifs is 1. The van der Waals surface area contributed by atoms with Crippen molar-refractivity contribution in [3.05, 3.63) is 47.7 Å². The fourth-order valence-electron chi connectivity index (χ4n) is 2.62. The van der Waals surface area contributed by atoms with E-state index in [2.05, 4.69) is 9.97 Å². The average molecular weight is 375 g/mol. The van der Waals surface area contributed by atoms with Gasteiger partial charge in [-0.25, -0.2) is 4.98 Å². The number of rotatable bonds is 5. The summed E-state index contributed by atoms with van der Waals surface area (Å²) in [4.78, 5) is 20.4. The third-order valence-electron chi connectivity index (χ3n) is 3.70. The molecule has 0 saturated heterocycles. The van der Waals surface area contributed by atoms with E-state index in [9.17, 15) is 9.90 Å². The predicted molar refractivity (Wildman–Crippen MR) is 102 cm³/mol. The maximum Gasteiger partial charge on any atom is 0.253 e. The Bertz CT molecular complexity index is 963. The normalized spacial score (nSPS) is 10.4. The Morgan fingerprint density at radius 3 is 2.65 bits per heavy atom. The van der Waals surface area contributed by atoms with Crippen LogP contribution in [0.25, 0.3) is 22.2 Å². The molecule has 0 aliphatic carbocycles. The van der Waals surface area contributed by atoms with Crippen LogP contribution in [0.1, 0.15) is 16.1 Å². The van der Waals surface area contributed by atoms with Crippen LogP contribution < -0.4 is 16.2 Å². The molecule has 0 saturated carbocycles. The summed E-state index contributed by atoms with van der Waals surface area (Å²) in [5.41, 5.74) is 12.4. The highest BCUT2D eigenvalue weighted by Gasteiger charge is 2.14. The van der Waals surface area contributed by atoms with Crippen LogP contribution in [0.5, 0.6) is 11.6 Å². The number of aryl methyl sites for hydroxylation is 1. The minimum Gasteiger partial charge on any atom is -0.507 e. The molecule has 136 valence electrons. The minimum atomic E-state index is -0.680. The van der Waals surface area contributed by atoms with Crippen LogP contribution in [0.4, 0.5) is 0 Å². The number of benzene rings is 2. The molecule has 8 heteroatoms. The van der Waals surface area contributed by atoms with Gasteiger partial charge in [0.05, 0.1) is 5.56 Å². The molecule has 0 spiro atoms. The highest BCUT2D eigenvalue weighted by molar-refractivity contribution is 6.09. The second kappa shape index (κ2) is 7.99. The molecule has 1 amide bonds. The lowest BCUT2D eigenvalue weighted by Gasteiger charge is -2.10. The third-order valence-corrected chi connectivity index (χ3v) is 3.70. The van der Waals surface area contributed by atoms with Crippen molar-refractivity contribution in [2.45, 2.75) is 6.92 Å². The summed E-state index contributed by atoms with van der Waals surface area (Å²) >= 11 is 0. The fraction of sp³-hybridized carbons (Fsp3) is 0.167. The largest absolute Gasteiger partial charge is 0.507 e. The maximum absolute atomic E-state index is 11.6. The van der Waals surface area contributed by atoms with E-state index in [4.69, 9.17) is 16.2 Å². The van der Waals surface area contributed by atoms with E-state index in [1.807, 2.05) is 13.0 Å². The van der Waals surface area contributed by atoms with Gasteiger partial charge in [-0.15, -0.1) is 12.4 Å². The monoisotopic (exact) mass is 374 g/mol. The predicted octanol–water partition coefficient (Wildman–Crippen LogP) is 2.17. The summed E-state index contributed by atoms with van der Waals surface area (Å²) in [6.07, 6.45) is 0. The number of carbonyl (C=O) groups is 1. The number of aromatic nitrogens is 2. The molecule has 0 radical (unpaired) electrons. The van der Waals surface area contributed by atoms with Crippen LogP contribution >= 0.6 is 12.4 Å². The van der Waals surface area contributed by atoms with Gasteiger partial charge in [-0.05, 0) is 29.8 Å². The van der Waals surface area contributed by atoms with Crippen molar-refractivity contribution >= 4 is 29.1 Å². The second-order valence-electron chi connectivity index (χ2n) is 5.57. The Morgan fingerprint density at radius 2 is 1.96 bits per heavy atom. The van der Waals surface area contributed by atoms with Gasteiger partial charge in [0, 0.05) is 23.9 Å². The molecule has 3 rings (SSSR count). The van der Waals surface area contributed by atoms with Gasteiger partial charge in [-0.2, -0.15) is 4.98 Å². The highest BCUT2D eigenvalue weighted by atomic mass is 35.5. The Hall–Kier alpha value is -2.90. The maximum atomic E-state index is 11.6. The van der Waals surface area contributed by atoms with Gasteiger partial charge in [0.1, 0.15) is 12.4 Å². The van der Waals surface area contributed by atoms with Gasteiger partial charge in [-0.3, -0.25) is 4.79 Å². The van der Waals surface area contributed by atoms with E-state index in [-0.39, 0.29) is 23.7 Å². The lowest BCUT2D eigenvalue weighted by Crippen LogP contribution is -2.12. The summed E-state index contributed by atoms with van der Waals surface area (Å²) in [5, 5.41) is 11.2. The molecule has 1 aromatic heterocycles. The zero-order valence-corrected chi connectivity index (χ0v) is 14.9. The Kier molecular flexibility index (Phi) is 5.97. The fourth-order valence-corrected chi connectivity index (χ4v) is 2.62. The van der Waals surface area contributed by atoms with Crippen molar-refractivity contribution in [2.24, 2.45) is 11.5 Å². The molecule has 1 heterocycles. The molecule has 0 unspecified atom stereocenters. The number of phenols is 1. The molecule has 0 bridgehead atoms. The molecule has 5 N–H and O–H groups in total. The first-order valence-corrected chi connectivity index (χ1v) is 7.74. The zero-order chi connectivity index (χ0) is 18.0. The number of amides is 1. The Labute approximate surface area is 156 Å². The molecule has 3 aromatic rings. The van der Waals surface area contributed by atoms with Gasteiger partial charge in [0.15, 0.2) is 5.82 Å². The summed E-state index contributed by atoms with van der Waals surface area (Å²) in [6.45, 7) is 2.62. The van der Waals surface area contributed by atoms with E-state index < -0.39 is 5.91 Å². The molecular formula is C18H19ClN4O3. The number of halogens is 1. The number of aromatic hydroxyl groups is 1. The SMILES string of the molecule is Cc1cc(OCCN)nc(-c2ccc3c(C(N)=O)c(O)ccc3c2)n1.Cl. The lowest BCUT2D eigenvalue weighted by atomic mass is 10.0. The third kappa shape index (κ3) is 3.84. The quantitative estimate of drug-likeness (QED) is 0.628. The Balaban J connectivity index is 0.00000243. The van der Waals surface area contributed by atoms with Crippen LogP contribution in [0.15, 0.2) is 36.4 Å². The number of carbonyl (C=O) groups excluding carboxylic acids is 1. The highest BCUT2D eigenvalue weighted by Crippen LogP contribution is 2.30. The number of nitrogens with zero attached hydrogens (tertiary/aromatic N) is 2. The number of nitrogens with two attached hydrogens (primary N) is 2. The summed E-state index contributed by atoms with van der Waals surface area (Å²) in [7, 11) is 0. The summed E-state index contributed by atoms with van der Waals surface area (Å²) < 4.78 is 5.48. The van der Waals surface area contributed by atoms with Crippen LogP contribution in [-0.2, 0) is 0 Å². The van der Waals surface area contributed by atoms with Gasteiger partial charge in [0.25, 0.3) is 5.91 Å². The minimum absolute atomic E-state index is 0. The van der Waals surface area contributed by atoms with Crippen molar-refractivity contribution in [2.75, 3.05) is 13.2 Å². The van der Waals surface area contributed by atoms with Crippen molar-refractivity contribution in [3.8, 4) is 23.0 Å². The van der Waals surface area contributed by atoms with E-state index >= 15 is 0 Å². The van der Waals surface area contributed by atoms with E-state index in [0.717, 1.165) is 16.6 Å². The smallest absolute Gasteiger partial charge is 0.253 e. The van der Waals surface area contributed by atoms with Crippen molar-refractivity contribution in [3.63, 3.8) is 0 Å². The number of hydrogen-bond donors (Lipinski definition) is 3. The van der Waals surface area contributed by atoms with E-state index in [0.29, 0.717) is 30.2 Å². The van der Waals surface area contributed by atoms with Crippen LogP contribution in [-0.4, -0.2) is 34.1 Å². The summed E-state index contributed by atoms with van der Waals surface area (Å²) in [5.74, 6) is 0.136. The second-order valence-corrected chi connectivity index (χ2v) is 5.57. The van der Waals surface area contributed by atoms with Crippen LogP contribution in [0, 0.1) is 6.92 Å². The number of primary amides is 1. The first kappa shape index (κ1) is 19.4. The zero-order valence-electron chi connectivity index (χ0n) is 14.1. The molecule has 26 heavy (non-hydrogen) atoms. The van der Waals surface area contributed by atoms with E-state index in [1.165, 1.54) is 6.07 Å². The van der Waals surface area contributed by atoms with Gasteiger partial charge < -0.3 is 21.3 Å². The standard InChI is InChI=1S/C18H18N4O3.ClH/c1-10-8-15(25-7-6-19)22-18(21-10)12-2-4-13-11(9-12)3-5-14(23)16(13)17(20)24;/h2-5,8-9,23H,6-7,19H2,1H3,(H2,20,24);1H. The van der Waals surface area contributed by atoms with Gasteiger partial charge in [-0.1, -0.05) is 18.2 Å². The molecule has 0 fully saturated rings. The lowest BCUT2D eigenvalue weighted by molar-refractivity contribution is 0.0999. The first-order chi connectivity index (χ1) is 12.0. The van der Waals surface area contributed by atoms with Gasteiger partial charge >= 0.3 is 0 Å². The molecule has 0 aliphatic rings. The van der Waals surface area contributed by atoms with Crippen LogP contribution in [0.3, 0.4) is 0 Å². The summed E-state index contributed by atoms with van der Waals surface area (Å²) in [6, 6.07) is 10.2. The van der Waals surface area contributed by atoms with Crippen molar-refractivity contribution in [1.29, 1.82) is 0 Å². The molecule has 7 nitrogen and oxygen atoms in total. The molecule has 2 aromatic carbocycles. The average Bonchev–Trinajstić information content (AvgIpc) is 2.58.